The van der Waals surface area contributed by atoms with E-state index in [1.54, 1.807) is 0 Å². The zero-order valence-electron chi connectivity index (χ0n) is 20.7. The zero-order chi connectivity index (χ0) is 23.4. The lowest BCUT2D eigenvalue weighted by Crippen LogP contribution is -2.51. The third kappa shape index (κ3) is 10.4. The fraction of sp³-hybridized carbons (Fsp3) is 0.769. The minimum atomic E-state index is -1.29. The maximum absolute atomic E-state index is 14.6. The first-order valence-electron chi connectivity index (χ1n) is 12.1. The van der Waals surface area contributed by atoms with Crippen LogP contribution in [0.15, 0.2) is 18.2 Å². The maximum atomic E-state index is 14.6. The summed E-state index contributed by atoms with van der Waals surface area (Å²) in [5, 5.41) is 0. The second kappa shape index (κ2) is 14.2. The number of unbranched alkanes of at least 4 members (excludes halogenated alkanes) is 5. The Hall–Kier alpha value is -1.04. The molecule has 0 N–H and O–H groups in total. The Morgan fingerprint density at radius 1 is 0.774 bits per heavy atom. The molecule has 0 amide bonds. The van der Waals surface area contributed by atoms with E-state index in [-0.39, 0.29) is 24.2 Å². The summed E-state index contributed by atoms with van der Waals surface area (Å²) in [6.45, 7) is 13.9. The molecule has 0 radical (unpaired) electrons. The third-order valence-electron chi connectivity index (χ3n) is 5.09. The van der Waals surface area contributed by atoms with Gasteiger partial charge in [0.2, 0.25) is 0 Å². The molecular weight excluding hydrogens is 398 g/mol. The van der Waals surface area contributed by atoms with E-state index in [1.165, 1.54) is 37.8 Å². The number of hydrogen-bond donors (Lipinski definition) is 0. The zero-order valence-corrected chi connectivity index (χ0v) is 20.7. The van der Waals surface area contributed by atoms with E-state index in [1.807, 2.05) is 41.5 Å². The van der Waals surface area contributed by atoms with Gasteiger partial charge in [-0.1, -0.05) is 51.5 Å². The Kier molecular flexibility index (Phi) is 12.8. The molecule has 1 rings (SSSR count). The third-order valence-corrected chi connectivity index (χ3v) is 5.09. The van der Waals surface area contributed by atoms with Crippen molar-refractivity contribution >= 4 is 0 Å². The summed E-state index contributed by atoms with van der Waals surface area (Å²) >= 11 is 0. The van der Waals surface area contributed by atoms with Gasteiger partial charge in [0.05, 0.1) is 18.3 Å². The van der Waals surface area contributed by atoms with Gasteiger partial charge >= 0.3 is 0 Å². The highest BCUT2D eigenvalue weighted by Crippen LogP contribution is 2.37. The Morgan fingerprint density at radius 2 is 1.29 bits per heavy atom. The van der Waals surface area contributed by atoms with Crippen molar-refractivity contribution in [2.75, 3.05) is 0 Å². The highest BCUT2D eigenvalue weighted by atomic mass is 19.1. The number of benzene rings is 1. The lowest BCUT2D eigenvalue weighted by Gasteiger charge is -2.43. The van der Waals surface area contributed by atoms with Gasteiger partial charge in [0.25, 0.3) is 5.97 Å². The van der Waals surface area contributed by atoms with Crippen molar-refractivity contribution in [3.63, 3.8) is 0 Å². The number of hydrogen-bond acceptors (Lipinski definition) is 3. The summed E-state index contributed by atoms with van der Waals surface area (Å²) in [5.74, 6) is -2.64. The monoisotopic (exact) mass is 442 g/mol. The van der Waals surface area contributed by atoms with E-state index < -0.39 is 17.6 Å². The summed E-state index contributed by atoms with van der Waals surface area (Å²) < 4.78 is 47.0. The van der Waals surface area contributed by atoms with Gasteiger partial charge in [-0.05, 0) is 66.0 Å². The van der Waals surface area contributed by atoms with Gasteiger partial charge < -0.3 is 14.2 Å². The van der Waals surface area contributed by atoms with Crippen LogP contribution in [0.2, 0.25) is 0 Å². The van der Waals surface area contributed by atoms with Crippen LogP contribution in [0.3, 0.4) is 0 Å². The topological polar surface area (TPSA) is 27.7 Å². The molecule has 0 heterocycles. The van der Waals surface area contributed by atoms with Gasteiger partial charge in [0.15, 0.2) is 0 Å². The van der Waals surface area contributed by atoms with Gasteiger partial charge in [-0.15, -0.1) is 0 Å². The van der Waals surface area contributed by atoms with Crippen LogP contribution in [-0.2, 0) is 20.6 Å². The minimum Gasteiger partial charge on any atom is -0.324 e. The normalized spacial score (nSPS) is 13.5. The Morgan fingerprint density at radius 3 is 1.77 bits per heavy atom. The molecule has 0 bridgehead atoms. The fourth-order valence-corrected chi connectivity index (χ4v) is 3.89. The molecule has 31 heavy (non-hydrogen) atoms. The maximum Gasteiger partial charge on any atom is 0.286 e. The molecule has 180 valence electrons. The van der Waals surface area contributed by atoms with E-state index in [0.717, 1.165) is 25.3 Å². The number of rotatable bonds is 16. The molecule has 0 aliphatic heterocycles. The smallest absolute Gasteiger partial charge is 0.286 e. The van der Waals surface area contributed by atoms with Crippen LogP contribution in [0.5, 0.6) is 0 Å². The summed E-state index contributed by atoms with van der Waals surface area (Å²) in [5.41, 5.74) is 0.453. The molecule has 0 aromatic heterocycles. The fourth-order valence-electron chi connectivity index (χ4n) is 3.89. The van der Waals surface area contributed by atoms with E-state index in [9.17, 15) is 8.78 Å². The summed E-state index contributed by atoms with van der Waals surface area (Å²) in [6, 6.07) is 3.76. The highest BCUT2D eigenvalue weighted by Gasteiger charge is 2.45. The van der Waals surface area contributed by atoms with Crippen LogP contribution >= 0.6 is 0 Å². The van der Waals surface area contributed by atoms with Gasteiger partial charge in [-0.3, -0.25) is 0 Å². The molecule has 0 aliphatic rings. The van der Waals surface area contributed by atoms with Crippen LogP contribution in [0.4, 0.5) is 8.78 Å². The van der Waals surface area contributed by atoms with Crippen LogP contribution in [0.25, 0.3) is 0 Å². The number of halogens is 2. The van der Waals surface area contributed by atoms with Crippen LogP contribution in [0, 0.1) is 17.6 Å². The molecule has 0 aliphatic carbocycles. The molecule has 0 saturated heterocycles. The van der Waals surface area contributed by atoms with Gasteiger partial charge in [-0.2, -0.15) is 0 Å². The molecule has 0 saturated carbocycles. The Bertz CT molecular complexity index is 590. The van der Waals surface area contributed by atoms with Gasteiger partial charge in [0.1, 0.15) is 11.6 Å². The lowest BCUT2D eigenvalue weighted by molar-refractivity contribution is -0.432. The van der Waals surface area contributed by atoms with Crippen LogP contribution < -0.4 is 0 Å². The summed E-state index contributed by atoms with van der Waals surface area (Å²) in [7, 11) is 0. The number of ether oxygens (including phenoxy) is 3. The van der Waals surface area contributed by atoms with Crippen molar-refractivity contribution in [1.29, 1.82) is 0 Å². The first-order valence-corrected chi connectivity index (χ1v) is 12.1. The van der Waals surface area contributed by atoms with Crippen molar-refractivity contribution in [2.45, 2.75) is 124 Å². The molecule has 0 fully saturated rings. The van der Waals surface area contributed by atoms with Crippen molar-refractivity contribution in [3.05, 3.63) is 35.4 Å². The van der Waals surface area contributed by atoms with Gasteiger partial charge in [0, 0.05) is 12.0 Å². The Labute approximate surface area is 188 Å². The van der Waals surface area contributed by atoms with E-state index in [2.05, 4.69) is 6.92 Å². The SMILES string of the molecule is CCCCCCCCC(Cc1ccc(F)cc1F)C(OC(C)C)(OC(C)C)OC(C)C. The highest BCUT2D eigenvalue weighted by molar-refractivity contribution is 5.19. The molecule has 1 aromatic rings. The minimum absolute atomic E-state index is 0.136. The van der Waals surface area contributed by atoms with E-state index in [0.29, 0.717) is 12.0 Å². The van der Waals surface area contributed by atoms with Crippen LogP contribution in [0.1, 0.15) is 99.0 Å². The second-order valence-corrected chi connectivity index (χ2v) is 9.30. The molecule has 0 spiro atoms. The second-order valence-electron chi connectivity index (χ2n) is 9.30. The summed E-state index contributed by atoms with van der Waals surface area (Å²) in [4.78, 5) is 0. The first-order chi connectivity index (χ1) is 14.6. The molecule has 1 aromatic carbocycles. The largest absolute Gasteiger partial charge is 0.324 e. The standard InChI is InChI=1S/C26H44F2O3/c1-8-9-10-11-12-13-14-23(17-22-15-16-24(27)18-25(22)28)26(29-19(2)3,30-20(4)5)31-21(6)7/h15-16,18-21,23H,8-14,17H2,1-7H3. The average molecular weight is 443 g/mol. The molecule has 1 unspecified atom stereocenters. The Balaban J connectivity index is 3.20. The molecule has 3 nitrogen and oxygen atoms in total. The van der Waals surface area contributed by atoms with Crippen LogP contribution in [-0.4, -0.2) is 24.3 Å². The summed E-state index contributed by atoms with van der Waals surface area (Å²) in [6.07, 6.45) is 7.66. The predicted octanol–water partition coefficient (Wildman–Crippen LogP) is 7.80. The lowest BCUT2D eigenvalue weighted by atomic mass is 9.90. The van der Waals surface area contributed by atoms with Crippen molar-refractivity contribution in [3.8, 4) is 0 Å². The van der Waals surface area contributed by atoms with E-state index in [4.69, 9.17) is 14.2 Å². The van der Waals surface area contributed by atoms with Gasteiger partial charge in [-0.25, -0.2) is 8.78 Å². The van der Waals surface area contributed by atoms with Crippen molar-refractivity contribution < 1.29 is 23.0 Å². The van der Waals surface area contributed by atoms with Crippen molar-refractivity contribution in [2.24, 2.45) is 5.92 Å². The molecular formula is C26H44F2O3. The molecule has 5 heteroatoms. The average Bonchev–Trinajstić information content (AvgIpc) is 2.63. The van der Waals surface area contributed by atoms with E-state index >= 15 is 0 Å². The first kappa shape index (κ1) is 28.0. The predicted molar refractivity (Wildman–Crippen MR) is 123 cm³/mol. The quantitative estimate of drug-likeness (QED) is 0.193. The molecule has 1 atom stereocenters. The van der Waals surface area contributed by atoms with Crippen molar-refractivity contribution in [1.82, 2.24) is 0 Å².